The lowest BCUT2D eigenvalue weighted by molar-refractivity contribution is 0.0725. The van der Waals surface area contributed by atoms with Crippen molar-refractivity contribution >= 4 is 0 Å². The van der Waals surface area contributed by atoms with Gasteiger partial charge in [-0.3, -0.25) is 4.90 Å². The Bertz CT molecular complexity index is 427. The highest BCUT2D eigenvalue weighted by Gasteiger charge is 2.19. The van der Waals surface area contributed by atoms with Gasteiger partial charge in [0.1, 0.15) is 0 Å². The smallest absolute Gasteiger partial charge is 0.0702 e. The number of hydrogen-bond donors (Lipinski definition) is 1. The van der Waals surface area contributed by atoms with E-state index in [0.29, 0.717) is 6.10 Å². The largest absolute Gasteiger partial charge is 0.377 e. The normalized spacial score (nSPS) is 22.1. The first-order valence-corrected chi connectivity index (χ1v) is 7.50. The molecule has 0 radical (unpaired) electrons. The molecule has 1 atom stereocenters. The van der Waals surface area contributed by atoms with Crippen molar-refractivity contribution in [2.75, 3.05) is 19.7 Å². The minimum absolute atomic E-state index is 0.455. The molecule has 3 nitrogen and oxygen atoms in total. The summed E-state index contributed by atoms with van der Waals surface area (Å²) < 4.78 is 5.75. The summed E-state index contributed by atoms with van der Waals surface area (Å²) in [7, 11) is 0. The van der Waals surface area contributed by atoms with E-state index >= 15 is 0 Å². The number of rotatable bonds is 5. The standard InChI is InChI=1S/C16H24N2O/c1-2-18(12-16-4-3-7-19-16)11-13-5-6-14-9-17-10-15(14)8-13/h5-6,8,16-17H,2-4,7,9-12H2,1H3. The molecule has 2 aliphatic rings. The van der Waals surface area contributed by atoms with Gasteiger partial charge in [-0.1, -0.05) is 25.1 Å². The summed E-state index contributed by atoms with van der Waals surface area (Å²) in [4.78, 5) is 2.50. The molecule has 1 saturated heterocycles. The van der Waals surface area contributed by atoms with Crippen LogP contribution in [0.3, 0.4) is 0 Å². The first-order valence-electron chi connectivity index (χ1n) is 7.50. The summed E-state index contributed by atoms with van der Waals surface area (Å²) in [5.74, 6) is 0. The maximum absolute atomic E-state index is 5.75. The number of hydrogen-bond acceptors (Lipinski definition) is 3. The van der Waals surface area contributed by atoms with E-state index in [4.69, 9.17) is 4.74 Å². The molecule has 0 spiro atoms. The highest BCUT2D eigenvalue weighted by atomic mass is 16.5. The molecule has 2 heterocycles. The van der Waals surface area contributed by atoms with Gasteiger partial charge in [-0.25, -0.2) is 0 Å². The van der Waals surface area contributed by atoms with Crippen LogP contribution in [-0.2, 0) is 24.4 Å². The Morgan fingerprint density at radius 3 is 3.00 bits per heavy atom. The first-order chi connectivity index (χ1) is 9.35. The molecule has 0 amide bonds. The molecule has 3 heteroatoms. The van der Waals surface area contributed by atoms with Gasteiger partial charge in [-0.15, -0.1) is 0 Å². The van der Waals surface area contributed by atoms with Crippen LogP contribution in [-0.4, -0.2) is 30.7 Å². The predicted octanol–water partition coefficient (Wildman–Crippen LogP) is 2.29. The highest BCUT2D eigenvalue weighted by Crippen LogP contribution is 2.19. The van der Waals surface area contributed by atoms with Crippen molar-refractivity contribution < 1.29 is 4.74 Å². The minimum Gasteiger partial charge on any atom is -0.377 e. The summed E-state index contributed by atoms with van der Waals surface area (Å²) >= 11 is 0. The summed E-state index contributed by atoms with van der Waals surface area (Å²) in [6, 6.07) is 6.93. The summed E-state index contributed by atoms with van der Waals surface area (Å²) in [5, 5.41) is 3.41. The van der Waals surface area contributed by atoms with E-state index in [0.717, 1.165) is 39.3 Å². The molecule has 1 aromatic carbocycles. The second kappa shape index (κ2) is 6.04. The number of fused-ring (bicyclic) bond motifs is 1. The molecule has 1 fully saturated rings. The van der Waals surface area contributed by atoms with E-state index in [1.165, 1.54) is 29.5 Å². The summed E-state index contributed by atoms with van der Waals surface area (Å²) in [5.41, 5.74) is 4.37. The topological polar surface area (TPSA) is 24.5 Å². The predicted molar refractivity (Wildman–Crippen MR) is 76.9 cm³/mol. The van der Waals surface area contributed by atoms with Crippen molar-refractivity contribution in [3.05, 3.63) is 34.9 Å². The van der Waals surface area contributed by atoms with Crippen LogP contribution in [0, 0.1) is 0 Å². The van der Waals surface area contributed by atoms with E-state index in [2.05, 4.69) is 35.3 Å². The van der Waals surface area contributed by atoms with E-state index in [-0.39, 0.29) is 0 Å². The van der Waals surface area contributed by atoms with Gasteiger partial charge in [0.05, 0.1) is 6.10 Å². The van der Waals surface area contributed by atoms with Crippen LogP contribution in [0.2, 0.25) is 0 Å². The average molecular weight is 260 g/mol. The Hall–Kier alpha value is -0.900. The van der Waals surface area contributed by atoms with Gasteiger partial charge in [0.2, 0.25) is 0 Å². The van der Waals surface area contributed by atoms with Crippen molar-refractivity contribution in [3.63, 3.8) is 0 Å². The molecule has 1 N–H and O–H groups in total. The van der Waals surface area contributed by atoms with Crippen LogP contribution < -0.4 is 5.32 Å². The van der Waals surface area contributed by atoms with Crippen molar-refractivity contribution in [1.82, 2.24) is 10.2 Å². The quantitative estimate of drug-likeness (QED) is 0.879. The van der Waals surface area contributed by atoms with Gasteiger partial charge in [0.25, 0.3) is 0 Å². The Morgan fingerprint density at radius 1 is 1.32 bits per heavy atom. The number of nitrogens with one attached hydrogen (secondary N) is 1. The zero-order chi connectivity index (χ0) is 13.1. The lowest BCUT2D eigenvalue weighted by atomic mass is 10.1. The molecule has 0 aliphatic carbocycles. The van der Waals surface area contributed by atoms with Gasteiger partial charge < -0.3 is 10.1 Å². The van der Waals surface area contributed by atoms with Gasteiger partial charge in [-0.05, 0) is 36.1 Å². The molecule has 0 aromatic heterocycles. The zero-order valence-electron chi connectivity index (χ0n) is 11.8. The lowest BCUT2D eigenvalue weighted by Gasteiger charge is -2.24. The molecule has 3 rings (SSSR count). The van der Waals surface area contributed by atoms with E-state index in [1.54, 1.807) is 0 Å². The van der Waals surface area contributed by atoms with Crippen LogP contribution in [0.15, 0.2) is 18.2 Å². The Morgan fingerprint density at radius 2 is 2.21 bits per heavy atom. The average Bonchev–Trinajstić information content (AvgIpc) is 3.08. The molecular formula is C16H24N2O. The molecule has 0 saturated carbocycles. The molecular weight excluding hydrogens is 236 g/mol. The van der Waals surface area contributed by atoms with Crippen LogP contribution in [0.5, 0.6) is 0 Å². The van der Waals surface area contributed by atoms with Gasteiger partial charge in [0, 0.05) is 32.8 Å². The van der Waals surface area contributed by atoms with Crippen molar-refractivity contribution in [2.45, 2.75) is 45.5 Å². The summed E-state index contributed by atoms with van der Waals surface area (Å²) in [6.45, 7) is 8.46. The highest BCUT2D eigenvalue weighted by molar-refractivity contribution is 5.34. The van der Waals surface area contributed by atoms with Crippen LogP contribution >= 0.6 is 0 Å². The van der Waals surface area contributed by atoms with E-state index in [9.17, 15) is 0 Å². The fraction of sp³-hybridized carbons (Fsp3) is 0.625. The fourth-order valence-corrected chi connectivity index (χ4v) is 3.09. The third-order valence-electron chi connectivity index (χ3n) is 4.24. The number of benzene rings is 1. The second-order valence-electron chi connectivity index (χ2n) is 5.67. The van der Waals surface area contributed by atoms with Gasteiger partial charge in [-0.2, -0.15) is 0 Å². The third-order valence-corrected chi connectivity index (χ3v) is 4.24. The van der Waals surface area contributed by atoms with Crippen LogP contribution in [0.25, 0.3) is 0 Å². The summed E-state index contributed by atoms with van der Waals surface area (Å²) in [6.07, 6.45) is 2.91. The monoisotopic (exact) mass is 260 g/mol. The van der Waals surface area contributed by atoms with Crippen molar-refractivity contribution in [1.29, 1.82) is 0 Å². The molecule has 0 bridgehead atoms. The van der Waals surface area contributed by atoms with Crippen LogP contribution in [0.1, 0.15) is 36.5 Å². The molecule has 104 valence electrons. The lowest BCUT2D eigenvalue weighted by Crippen LogP contribution is -2.31. The number of likely N-dealkylation sites (N-methyl/N-ethyl adjacent to an activating group) is 1. The van der Waals surface area contributed by atoms with E-state index in [1.807, 2.05) is 0 Å². The van der Waals surface area contributed by atoms with Gasteiger partial charge >= 0.3 is 0 Å². The van der Waals surface area contributed by atoms with Crippen LogP contribution in [0.4, 0.5) is 0 Å². The molecule has 19 heavy (non-hydrogen) atoms. The molecule has 1 aromatic rings. The Balaban J connectivity index is 1.61. The molecule has 2 aliphatic heterocycles. The maximum atomic E-state index is 5.75. The maximum Gasteiger partial charge on any atom is 0.0702 e. The zero-order valence-corrected chi connectivity index (χ0v) is 11.8. The van der Waals surface area contributed by atoms with Gasteiger partial charge in [0.15, 0.2) is 0 Å². The number of nitrogens with zero attached hydrogens (tertiary/aromatic N) is 1. The second-order valence-corrected chi connectivity index (χ2v) is 5.67. The minimum atomic E-state index is 0.455. The Labute approximate surface area is 115 Å². The van der Waals surface area contributed by atoms with Crippen molar-refractivity contribution in [2.24, 2.45) is 0 Å². The SMILES string of the molecule is CCN(Cc1ccc2c(c1)CNC2)CC1CCCO1. The Kier molecular flexibility index (Phi) is 4.16. The third kappa shape index (κ3) is 3.16. The first kappa shape index (κ1) is 13.1. The number of ether oxygens (including phenoxy) is 1. The van der Waals surface area contributed by atoms with Crippen molar-refractivity contribution in [3.8, 4) is 0 Å². The van der Waals surface area contributed by atoms with E-state index < -0.39 is 0 Å². The fourth-order valence-electron chi connectivity index (χ4n) is 3.09. The molecule has 1 unspecified atom stereocenters.